The van der Waals surface area contributed by atoms with Gasteiger partial charge >= 0.3 is 6.18 Å². The first kappa shape index (κ1) is 31.2. The van der Waals surface area contributed by atoms with Gasteiger partial charge in [-0.15, -0.1) is 0 Å². The van der Waals surface area contributed by atoms with Gasteiger partial charge in [0.1, 0.15) is 17.9 Å². The molecule has 0 atom stereocenters. The number of carbonyl (C=O) groups is 2. The highest BCUT2D eigenvalue weighted by Gasteiger charge is 2.35. The van der Waals surface area contributed by atoms with E-state index in [2.05, 4.69) is 30.8 Å². The van der Waals surface area contributed by atoms with Crippen molar-refractivity contribution in [2.45, 2.75) is 64.1 Å². The highest BCUT2D eigenvalue weighted by atomic mass is 19.4. The number of hydrogen-bond acceptors (Lipinski definition) is 7. The maximum absolute atomic E-state index is 13.9. The average Bonchev–Trinajstić information content (AvgIpc) is 3.82. The molecule has 1 aliphatic carbocycles. The third-order valence-corrected chi connectivity index (χ3v) is 7.91. The number of alkyl halides is 3. The van der Waals surface area contributed by atoms with E-state index in [0.29, 0.717) is 30.3 Å². The Bertz CT molecular complexity index is 1490. The van der Waals surface area contributed by atoms with E-state index in [-0.39, 0.29) is 41.6 Å². The fourth-order valence-corrected chi connectivity index (χ4v) is 5.19. The van der Waals surface area contributed by atoms with Crippen LogP contribution in [0.3, 0.4) is 0 Å². The maximum atomic E-state index is 13.9. The zero-order valence-electron chi connectivity index (χ0n) is 24.8. The molecule has 0 spiro atoms. The largest absolute Gasteiger partial charge is 0.439 e. The van der Waals surface area contributed by atoms with Crippen molar-refractivity contribution in [2.24, 2.45) is 5.92 Å². The molecule has 2 heterocycles. The topological polar surface area (TPSA) is 108 Å². The van der Waals surface area contributed by atoms with Crippen LogP contribution in [0.1, 0.15) is 55.2 Å². The van der Waals surface area contributed by atoms with E-state index in [0.717, 1.165) is 56.0 Å². The van der Waals surface area contributed by atoms with Crippen molar-refractivity contribution in [3.8, 4) is 11.6 Å². The third kappa shape index (κ3) is 8.68. The number of carbonyl (C=O) groups excluding carboxylic acids is 2. The summed E-state index contributed by atoms with van der Waals surface area (Å²) in [5.41, 5.74) is 1.35. The van der Waals surface area contributed by atoms with Crippen molar-refractivity contribution in [1.29, 1.82) is 0 Å². The molecule has 234 valence electrons. The van der Waals surface area contributed by atoms with Gasteiger partial charge in [0, 0.05) is 35.8 Å². The molecule has 12 heteroatoms. The molecule has 1 aliphatic heterocycles. The summed E-state index contributed by atoms with van der Waals surface area (Å²) in [5.74, 6) is 0.906. The van der Waals surface area contributed by atoms with Crippen LogP contribution in [0.15, 0.2) is 48.8 Å². The number of nitrogens with one attached hydrogen (secondary N) is 3. The monoisotopic (exact) mass is 610 g/mol. The molecule has 0 radical (unpaired) electrons. The van der Waals surface area contributed by atoms with Crippen molar-refractivity contribution in [3.05, 3.63) is 65.5 Å². The van der Waals surface area contributed by atoms with E-state index >= 15 is 0 Å². The zero-order valence-corrected chi connectivity index (χ0v) is 24.8. The van der Waals surface area contributed by atoms with Gasteiger partial charge in [0.05, 0.1) is 5.56 Å². The first-order valence-electron chi connectivity index (χ1n) is 14.9. The standard InChI is InChI=1S/C32H37F3N6O3/c1-20-16-25(44-30-18-28(36-19-37-30)40-31(43)22-6-7-22)10-8-21(20)4-3-5-29(42)39-24-9-11-27(26(17-24)32(33,34)35)38-23-12-14-41(2)15-13-23/h8-11,16-19,22-23,38H,3-7,12-15H2,1-2H3,(H,39,42)(H,36,37,40,43). The van der Waals surface area contributed by atoms with E-state index in [1.165, 1.54) is 18.5 Å². The highest BCUT2D eigenvalue weighted by Crippen LogP contribution is 2.37. The Kier molecular flexibility index (Phi) is 9.68. The van der Waals surface area contributed by atoms with Crippen molar-refractivity contribution < 1.29 is 27.5 Å². The summed E-state index contributed by atoms with van der Waals surface area (Å²) in [4.78, 5) is 34.9. The summed E-state index contributed by atoms with van der Waals surface area (Å²) < 4.78 is 47.4. The molecule has 44 heavy (non-hydrogen) atoms. The summed E-state index contributed by atoms with van der Waals surface area (Å²) >= 11 is 0. The van der Waals surface area contributed by atoms with Crippen molar-refractivity contribution in [1.82, 2.24) is 14.9 Å². The van der Waals surface area contributed by atoms with Crippen LogP contribution in [-0.2, 0) is 22.2 Å². The van der Waals surface area contributed by atoms with E-state index in [9.17, 15) is 22.8 Å². The van der Waals surface area contributed by atoms with Crippen molar-refractivity contribution in [3.63, 3.8) is 0 Å². The molecule has 0 unspecified atom stereocenters. The second-order valence-electron chi connectivity index (χ2n) is 11.6. The lowest BCUT2D eigenvalue weighted by atomic mass is 10.0. The van der Waals surface area contributed by atoms with Crippen LogP contribution in [0, 0.1) is 12.8 Å². The molecule has 2 aliphatic rings. The van der Waals surface area contributed by atoms with Gasteiger partial charge in [0.2, 0.25) is 17.7 Å². The number of aryl methyl sites for hydroxylation is 2. The number of anilines is 3. The first-order valence-corrected chi connectivity index (χ1v) is 14.9. The van der Waals surface area contributed by atoms with E-state index < -0.39 is 11.7 Å². The second kappa shape index (κ2) is 13.6. The van der Waals surface area contributed by atoms with Crippen LogP contribution in [0.4, 0.5) is 30.4 Å². The number of benzene rings is 2. The predicted octanol–water partition coefficient (Wildman–Crippen LogP) is 6.41. The number of rotatable bonds is 11. The summed E-state index contributed by atoms with van der Waals surface area (Å²) in [7, 11) is 2.00. The molecule has 1 saturated heterocycles. The van der Waals surface area contributed by atoms with Crippen LogP contribution in [0.5, 0.6) is 11.6 Å². The van der Waals surface area contributed by atoms with Gasteiger partial charge in [-0.25, -0.2) is 9.97 Å². The number of ether oxygens (including phenoxy) is 1. The Morgan fingerprint density at radius 3 is 2.48 bits per heavy atom. The summed E-state index contributed by atoms with van der Waals surface area (Å²) in [6.45, 7) is 3.59. The van der Waals surface area contributed by atoms with Gasteiger partial charge < -0.3 is 25.6 Å². The normalized spacial score (nSPS) is 15.9. The average molecular weight is 611 g/mol. The Morgan fingerprint density at radius 2 is 1.77 bits per heavy atom. The van der Waals surface area contributed by atoms with Crippen LogP contribution in [0.25, 0.3) is 0 Å². The van der Waals surface area contributed by atoms with Gasteiger partial charge in [0.25, 0.3) is 0 Å². The fourth-order valence-electron chi connectivity index (χ4n) is 5.19. The number of amides is 2. The molecule has 3 N–H and O–H groups in total. The third-order valence-electron chi connectivity index (χ3n) is 7.91. The lowest BCUT2D eigenvalue weighted by molar-refractivity contribution is -0.137. The van der Waals surface area contributed by atoms with Crippen LogP contribution in [0.2, 0.25) is 0 Å². The molecule has 9 nitrogen and oxygen atoms in total. The fraction of sp³-hybridized carbons (Fsp3) is 0.438. The number of aromatic nitrogens is 2. The van der Waals surface area contributed by atoms with E-state index in [1.807, 2.05) is 26.1 Å². The van der Waals surface area contributed by atoms with Crippen LogP contribution >= 0.6 is 0 Å². The predicted molar refractivity (Wildman–Crippen MR) is 162 cm³/mol. The molecule has 1 saturated carbocycles. The maximum Gasteiger partial charge on any atom is 0.418 e. The summed E-state index contributed by atoms with van der Waals surface area (Å²) in [6, 6.07) is 11.0. The lowest BCUT2D eigenvalue weighted by Crippen LogP contribution is -2.37. The SMILES string of the molecule is Cc1cc(Oc2cc(NC(=O)C3CC3)ncn2)ccc1CCCC(=O)Nc1ccc(NC2CCN(C)CC2)c(C(F)(F)F)c1. The molecular weight excluding hydrogens is 573 g/mol. The van der Waals surface area contributed by atoms with Gasteiger partial charge in [-0.3, -0.25) is 9.59 Å². The Hall–Kier alpha value is -4.19. The molecule has 5 rings (SSSR count). The molecule has 2 fully saturated rings. The molecular formula is C32H37F3N6O3. The van der Waals surface area contributed by atoms with Crippen LogP contribution < -0.4 is 20.7 Å². The first-order chi connectivity index (χ1) is 21.0. The second-order valence-corrected chi connectivity index (χ2v) is 11.6. The zero-order chi connectivity index (χ0) is 31.3. The Balaban J connectivity index is 1.12. The number of piperidine rings is 1. The number of hydrogen-bond donors (Lipinski definition) is 3. The minimum atomic E-state index is -4.55. The molecule has 2 aromatic carbocycles. The minimum absolute atomic E-state index is 0.0252. The van der Waals surface area contributed by atoms with Crippen molar-refractivity contribution >= 4 is 29.0 Å². The number of likely N-dealkylation sites (tertiary alicyclic amines) is 1. The summed E-state index contributed by atoms with van der Waals surface area (Å²) in [5, 5.41) is 8.45. The molecule has 0 bridgehead atoms. The molecule has 2 amide bonds. The number of nitrogens with zero attached hydrogens (tertiary/aromatic N) is 3. The van der Waals surface area contributed by atoms with Gasteiger partial charge in [-0.1, -0.05) is 6.07 Å². The van der Waals surface area contributed by atoms with Crippen LogP contribution in [-0.4, -0.2) is 52.9 Å². The van der Waals surface area contributed by atoms with Crippen molar-refractivity contribution in [2.75, 3.05) is 36.1 Å². The van der Waals surface area contributed by atoms with E-state index in [1.54, 1.807) is 12.1 Å². The molecule has 1 aromatic heterocycles. The number of halogens is 3. The Labute approximate surface area is 254 Å². The quantitative estimate of drug-likeness (QED) is 0.230. The van der Waals surface area contributed by atoms with Gasteiger partial charge in [0.15, 0.2) is 0 Å². The summed E-state index contributed by atoms with van der Waals surface area (Å²) in [6.07, 6.45) is 1.39. The highest BCUT2D eigenvalue weighted by molar-refractivity contribution is 5.93. The van der Waals surface area contributed by atoms with Gasteiger partial charge in [-0.2, -0.15) is 13.2 Å². The smallest absolute Gasteiger partial charge is 0.418 e. The lowest BCUT2D eigenvalue weighted by Gasteiger charge is -2.31. The van der Waals surface area contributed by atoms with Gasteiger partial charge in [-0.05, 0) is 107 Å². The Morgan fingerprint density at radius 1 is 1.00 bits per heavy atom. The minimum Gasteiger partial charge on any atom is -0.439 e. The molecule has 3 aromatic rings. The van der Waals surface area contributed by atoms with E-state index in [4.69, 9.17) is 4.74 Å².